The molecule has 1 aliphatic heterocycles. The summed E-state index contributed by atoms with van der Waals surface area (Å²) in [4.78, 5) is 39.7. The Morgan fingerprint density at radius 1 is 1.03 bits per heavy atom. The van der Waals surface area contributed by atoms with E-state index in [-0.39, 0.29) is 36.1 Å². The smallest absolute Gasteiger partial charge is 0.408 e. The number of benzene rings is 2. The molecule has 1 atom stereocenters. The number of carbonyl (C=O) groups excluding carboxylic acids is 3. The molecule has 0 aliphatic carbocycles. The van der Waals surface area contributed by atoms with Crippen molar-refractivity contribution in [2.75, 3.05) is 19.6 Å². The van der Waals surface area contributed by atoms with Crippen LogP contribution < -0.4 is 10.6 Å². The second-order valence-electron chi connectivity index (χ2n) is 9.16. The van der Waals surface area contributed by atoms with Crippen LogP contribution >= 0.6 is 0 Å². The van der Waals surface area contributed by atoms with Gasteiger partial charge in [-0.2, -0.15) is 0 Å². The highest BCUT2D eigenvalue weighted by atomic mass is 19.1. The molecule has 0 bridgehead atoms. The molecule has 3 rings (SSSR count). The molecule has 0 spiro atoms. The predicted octanol–water partition coefficient (Wildman–Crippen LogP) is 3.67. The lowest BCUT2D eigenvalue weighted by Crippen LogP contribution is -2.53. The number of alkyl carbamates (subject to hydrolysis) is 1. The van der Waals surface area contributed by atoms with Gasteiger partial charge >= 0.3 is 6.09 Å². The molecule has 2 aromatic rings. The maximum Gasteiger partial charge on any atom is 0.408 e. The van der Waals surface area contributed by atoms with E-state index in [1.807, 2.05) is 44.2 Å². The first-order chi connectivity index (χ1) is 16.8. The second-order valence-corrected chi connectivity index (χ2v) is 9.16. The second kappa shape index (κ2) is 12.9. The van der Waals surface area contributed by atoms with E-state index in [9.17, 15) is 18.8 Å². The van der Waals surface area contributed by atoms with Crippen LogP contribution in [0.1, 0.15) is 37.8 Å². The third-order valence-corrected chi connectivity index (χ3v) is 6.25. The minimum Gasteiger partial charge on any atom is -0.445 e. The molecule has 2 aromatic carbocycles. The number of likely N-dealkylation sites (tertiary alicyclic amines) is 1. The number of nitrogens with one attached hydrogen (secondary N) is 2. The number of halogens is 1. The molecule has 0 radical (unpaired) electrons. The molecular weight excluding hydrogens is 449 g/mol. The van der Waals surface area contributed by atoms with Crippen LogP contribution in [0.5, 0.6) is 0 Å². The average Bonchev–Trinajstić information content (AvgIpc) is 2.87. The van der Waals surface area contributed by atoms with Crippen molar-refractivity contribution in [1.82, 2.24) is 15.5 Å². The van der Waals surface area contributed by atoms with Crippen LogP contribution in [0.3, 0.4) is 0 Å². The molecule has 1 saturated heterocycles. The van der Waals surface area contributed by atoms with E-state index in [4.69, 9.17) is 4.74 Å². The zero-order valence-corrected chi connectivity index (χ0v) is 20.3. The molecule has 2 N–H and O–H groups in total. The Bertz CT molecular complexity index is 991. The first kappa shape index (κ1) is 26.2. The van der Waals surface area contributed by atoms with Gasteiger partial charge in [-0.15, -0.1) is 0 Å². The summed E-state index contributed by atoms with van der Waals surface area (Å²) >= 11 is 0. The molecule has 0 aromatic heterocycles. The largest absolute Gasteiger partial charge is 0.445 e. The first-order valence-electron chi connectivity index (χ1n) is 12.1. The van der Waals surface area contributed by atoms with Crippen LogP contribution in [0, 0.1) is 17.7 Å². The van der Waals surface area contributed by atoms with Crippen molar-refractivity contribution in [3.05, 3.63) is 71.5 Å². The number of rotatable bonds is 9. The Kier molecular flexibility index (Phi) is 9.64. The van der Waals surface area contributed by atoms with Crippen molar-refractivity contribution >= 4 is 17.9 Å². The van der Waals surface area contributed by atoms with E-state index in [1.54, 1.807) is 23.1 Å². The maximum atomic E-state index is 13.7. The van der Waals surface area contributed by atoms with E-state index in [1.165, 1.54) is 6.07 Å². The summed E-state index contributed by atoms with van der Waals surface area (Å²) in [6.07, 6.45) is 0.879. The van der Waals surface area contributed by atoms with Gasteiger partial charge in [-0.1, -0.05) is 62.4 Å². The minimum atomic E-state index is -0.704. The monoisotopic (exact) mass is 483 g/mol. The highest BCUT2D eigenvalue weighted by molar-refractivity contribution is 5.86. The summed E-state index contributed by atoms with van der Waals surface area (Å²) in [6.45, 7) is 5.11. The summed E-state index contributed by atoms with van der Waals surface area (Å²) in [6, 6.07) is 15.2. The molecular formula is C27H34FN3O4. The summed E-state index contributed by atoms with van der Waals surface area (Å²) in [5, 5.41) is 5.59. The quantitative estimate of drug-likeness (QED) is 0.570. The van der Waals surface area contributed by atoms with E-state index in [2.05, 4.69) is 10.6 Å². The molecule has 1 heterocycles. The Morgan fingerprint density at radius 2 is 1.69 bits per heavy atom. The van der Waals surface area contributed by atoms with Gasteiger partial charge in [0, 0.05) is 25.6 Å². The number of amides is 3. The summed E-state index contributed by atoms with van der Waals surface area (Å²) in [5.41, 5.74) is 1.44. The molecule has 1 aliphatic rings. The lowest BCUT2D eigenvalue weighted by molar-refractivity contribution is -0.138. The number of piperidine rings is 1. The highest BCUT2D eigenvalue weighted by Crippen LogP contribution is 2.20. The van der Waals surface area contributed by atoms with Crippen LogP contribution in [0.15, 0.2) is 54.6 Å². The van der Waals surface area contributed by atoms with Gasteiger partial charge in [0.2, 0.25) is 11.8 Å². The number of carbonyl (C=O) groups is 3. The van der Waals surface area contributed by atoms with Gasteiger partial charge in [-0.25, -0.2) is 9.18 Å². The van der Waals surface area contributed by atoms with Crippen molar-refractivity contribution in [3.8, 4) is 0 Å². The Labute approximate surface area is 206 Å². The highest BCUT2D eigenvalue weighted by Gasteiger charge is 2.33. The fraction of sp³-hybridized carbons (Fsp3) is 0.444. The molecule has 1 fully saturated rings. The average molecular weight is 484 g/mol. The SMILES string of the molecule is CC(C)[C@H](NC(=O)OCc1ccccc1)C(=O)N1CCC(C(=O)NCCc2ccccc2F)CC1. The molecule has 0 unspecified atom stereocenters. The van der Waals surface area contributed by atoms with Gasteiger partial charge in [-0.3, -0.25) is 9.59 Å². The summed E-state index contributed by atoms with van der Waals surface area (Å²) in [5.74, 6) is -0.829. The van der Waals surface area contributed by atoms with Crippen molar-refractivity contribution in [3.63, 3.8) is 0 Å². The third-order valence-electron chi connectivity index (χ3n) is 6.25. The van der Waals surface area contributed by atoms with Crippen LogP contribution in [0.2, 0.25) is 0 Å². The van der Waals surface area contributed by atoms with Gasteiger partial charge in [0.05, 0.1) is 0 Å². The maximum absolute atomic E-state index is 13.7. The molecule has 3 amide bonds. The normalized spacial score (nSPS) is 14.9. The lowest BCUT2D eigenvalue weighted by Gasteiger charge is -2.34. The van der Waals surface area contributed by atoms with Crippen molar-refractivity contribution < 1.29 is 23.5 Å². The summed E-state index contributed by atoms with van der Waals surface area (Å²) < 4.78 is 19.0. The molecule has 7 nitrogen and oxygen atoms in total. The zero-order chi connectivity index (χ0) is 25.2. The number of hydrogen-bond acceptors (Lipinski definition) is 4. The number of nitrogens with zero attached hydrogens (tertiary/aromatic N) is 1. The fourth-order valence-electron chi connectivity index (χ4n) is 4.13. The van der Waals surface area contributed by atoms with E-state index in [0.717, 1.165) is 5.56 Å². The van der Waals surface area contributed by atoms with Gasteiger partial charge in [-0.05, 0) is 42.4 Å². The molecule has 188 valence electrons. The Hall–Kier alpha value is -3.42. The van der Waals surface area contributed by atoms with Gasteiger partial charge in [0.1, 0.15) is 18.5 Å². The van der Waals surface area contributed by atoms with Crippen LogP contribution in [0.4, 0.5) is 9.18 Å². The number of hydrogen-bond donors (Lipinski definition) is 2. The van der Waals surface area contributed by atoms with Crippen LogP contribution in [-0.4, -0.2) is 48.5 Å². The standard InChI is InChI=1S/C27H34FN3O4/c1-19(2)24(30-27(34)35-18-20-8-4-3-5-9-20)26(33)31-16-13-22(14-17-31)25(32)29-15-12-21-10-6-7-11-23(21)28/h3-11,19,22,24H,12-18H2,1-2H3,(H,29,32)(H,30,34)/t24-/m0/s1. The lowest BCUT2D eigenvalue weighted by atomic mass is 9.94. The zero-order valence-electron chi connectivity index (χ0n) is 20.3. The Morgan fingerprint density at radius 3 is 2.34 bits per heavy atom. The third kappa shape index (κ3) is 7.80. The molecule has 35 heavy (non-hydrogen) atoms. The van der Waals surface area contributed by atoms with Gasteiger partial charge in [0.15, 0.2) is 0 Å². The molecule has 8 heteroatoms. The van der Waals surface area contributed by atoms with Crippen molar-refractivity contribution in [1.29, 1.82) is 0 Å². The van der Waals surface area contributed by atoms with Crippen molar-refractivity contribution in [2.24, 2.45) is 11.8 Å². The van der Waals surface area contributed by atoms with Gasteiger partial charge in [0.25, 0.3) is 0 Å². The van der Waals surface area contributed by atoms with E-state index < -0.39 is 12.1 Å². The topological polar surface area (TPSA) is 87.7 Å². The molecule has 0 saturated carbocycles. The van der Waals surface area contributed by atoms with E-state index in [0.29, 0.717) is 44.5 Å². The minimum absolute atomic E-state index is 0.0727. The summed E-state index contributed by atoms with van der Waals surface area (Å²) in [7, 11) is 0. The first-order valence-corrected chi connectivity index (χ1v) is 12.1. The van der Waals surface area contributed by atoms with Crippen LogP contribution in [-0.2, 0) is 27.4 Å². The number of ether oxygens (including phenoxy) is 1. The van der Waals surface area contributed by atoms with Gasteiger partial charge < -0.3 is 20.3 Å². The van der Waals surface area contributed by atoms with Crippen molar-refractivity contribution in [2.45, 2.75) is 45.8 Å². The fourth-order valence-corrected chi connectivity index (χ4v) is 4.13. The predicted molar refractivity (Wildman–Crippen MR) is 131 cm³/mol. The Balaban J connectivity index is 1.43. The van der Waals surface area contributed by atoms with Crippen LogP contribution in [0.25, 0.3) is 0 Å². The van der Waals surface area contributed by atoms with E-state index >= 15 is 0 Å².